The number of halogens is 1. The highest BCUT2D eigenvalue weighted by atomic mass is 35.5. The van der Waals surface area contributed by atoms with Crippen LogP contribution in [0, 0.1) is 11.8 Å². The average Bonchev–Trinajstić information content (AvgIpc) is 2.94. The van der Waals surface area contributed by atoms with Gasteiger partial charge in [0.2, 0.25) is 6.79 Å². The standard InChI is InChI=1S/C17H24ClNO2/c1-11(2)13-5-3-4-6-15(13)19-9-12-7-14(18)17-16(8-12)20-10-21-17/h7-8,11,13,15,19H,3-6,9-10H2,1-2H3. The average molecular weight is 310 g/mol. The third-order valence-corrected chi connectivity index (χ3v) is 5.01. The van der Waals surface area contributed by atoms with Crippen LogP contribution in [0.4, 0.5) is 0 Å². The van der Waals surface area contributed by atoms with Crippen LogP contribution in [-0.2, 0) is 6.54 Å². The Bertz CT molecular complexity index is 504. The van der Waals surface area contributed by atoms with Gasteiger partial charge in [-0.15, -0.1) is 0 Å². The minimum Gasteiger partial charge on any atom is -0.454 e. The zero-order valence-corrected chi connectivity index (χ0v) is 13.6. The number of fused-ring (bicyclic) bond motifs is 1. The zero-order chi connectivity index (χ0) is 14.8. The number of ether oxygens (including phenoxy) is 2. The van der Waals surface area contributed by atoms with E-state index in [2.05, 4.69) is 19.2 Å². The molecule has 1 aromatic carbocycles. The summed E-state index contributed by atoms with van der Waals surface area (Å²) in [4.78, 5) is 0. The molecule has 2 unspecified atom stereocenters. The van der Waals surface area contributed by atoms with Gasteiger partial charge in [-0.1, -0.05) is 38.3 Å². The first-order valence-electron chi connectivity index (χ1n) is 7.96. The van der Waals surface area contributed by atoms with E-state index >= 15 is 0 Å². The van der Waals surface area contributed by atoms with Crippen molar-refractivity contribution in [2.45, 2.75) is 52.1 Å². The molecular formula is C17H24ClNO2. The molecule has 1 aliphatic heterocycles. The Balaban J connectivity index is 1.65. The Hall–Kier alpha value is -0.930. The van der Waals surface area contributed by atoms with Crippen LogP contribution in [-0.4, -0.2) is 12.8 Å². The van der Waals surface area contributed by atoms with Crippen molar-refractivity contribution in [2.24, 2.45) is 11.8 Å². The van der Waals surface area contributed by atoms with E-state index in [1.165, 1.54) is 25.7 Å². The van der Waals surface area contributed by atoms with Gasteiger partial charge in [-0.2, -0.15) is 0 Å². The van der Waals surface area contributed by atoms with Crippen LogP contribution in [0.3, 0.4) is 0 Å². The number of hydrogen-bond acceptors (Lipinski definition) is 3. The third kappa shape index (κ3) is 3.29. The quantitative estimate of drug-likeness (QED) is 0.895. The Kier molecular flexibility index (Phi) is 4.60. The lowest BCUT2D eigenvalue weighted by molar-refractivity contribution is 0.174. The van der Waals surface area contributed by atoms with Crippen LogP contribution in [0.1, 0.15) is 45.1 Å². The molecule has 0 amide bonds. The summed E-state index contributed by atoms with van der Waals surface area (Å²) >= 11 is 6.24. The molecule has 2 aliphatic rings. The van der Waals surface area contributed by atoms with E-state index in [-0.39, 0.29) is 6.79 Å². The van der Waals surface area contributed by atoms with Gasteiger partial charge in [0.05, 0.1) is 5.02 Å². The number of nitrogens with one attached hydrogen (secondary N) is 1. The van der Waals surface area contributed by atoms with Gasteiger partial charge < -0.3 is 14.8 Å². The summed E-state index contributed by atoms with van der Waals surface area (Å²) in [5, 5.41) is 4.38. The monoisotopic (exact) mass is 309 g/mol. The SMILES string of the molecule is CC(C)C1CCCCC1NCc1cc(Cl)c2c(c1)OCO2. The molecule has 0 radical (unpaired) electrons. The predicted octanol–water partition coefficient (Wildman–Crippen LogP) is 4.37. The molecule has 21 heavy (non-hydrogen) atoms. The topological polar surface area (TPSA) is 30.5 Å². The van der Waals surface area contributed by atoms with Gasteiger partial charge in [-0.05, 0) is 42.4 Å². The summed E-state index contributed by atoms with van der Waals surface area (Å²) in [6.07, 6.45) is 5.33. The van der Waals surface area contributed by atoms with Crippen molar-refractivity contribution in [2.75, 3.05) is 6.79 Å². The molecule has 1 heterocycles. The lowest BCUT2D eigenvalue weighted by Crippen LogP contribution is -2.40. The zero-order valence-electron chi connectivity index (χ0n) is 12.8. The molecule has 1 aromatic rings. The minimum absolute atomic E-state index is 0.268. The van der Waals surface area contributed by atoms with Crippen molar-refractivity contribution in [3.05, 3.63) is 22.7 Å². The number of hydrogen-bond donors (Lipinski definition) is 1. The first-order chi connectivity index (χ1) is 10.1. The van der Waals surface area contributed by atoms with Gasteiger partial charge in [0.15, 0.2) is 11.5 Å². The van der Waals surface area contributed by atoms with Gasteiger partial charge in [-0.3, -0.25) is 0 Å². The van der Waals surface area contributed by atoms with Gasteiger partial charge in [0, 0.05) is 12.6 Å². The Labute approximate surface area is 132 Å². The second-order valence-corrected chi connectivity index (χ2v) is 6.90. The molecule has 2 atom stereocenters. The van der Waals surface area contributed by atoms with Crippen LogP contribution < -0.4 is 14.8 Å². The van der Waals surface area contributed by atoms with Crippen molar-refractivity contribution in [3.63, 3.8) is 0 Å². The molecule has 3 rings (SSSR count). The third-order valence-electron chi connectivity index (χ3n) is 4.73. The van der Waals surface area contributed by atoms with E-state index < -0.39 is 0 Å². The van der Waals surface area contributed by atoms with Crippen molar-refractivity contribution < 1.29 is 9.47 Å². The van der Waals surface area contributed by atoms with Gasteiger partial charge in [0.1, 0.15) is 0 Å². The maximum Gasteiger partial charge on any atom is 0.231 e. The smallest absolute Gasteiger partial charge is 0.231 e. The number of rotatable bonds is 4. The Morgan fingerprint density at radius 1 is 1.24 bits per heavy atom. The fourth-order valence-corrected chi connectivity index (χ4v) is 3.87. The van der Waals surface area contributed by atoms with E-state index in [9.17, 15) is 0 Å². The van der Waals surface area contributed by atoms with Crippen molar-refractivity contribution in [1.29, 1.82) is 0 Å². The Morgan fingerprint density at radius 2 is 2.05 bits per heavy atom. The molecule has 3 nitrogen and oxygen atoms in total. The Morgan fingerprint density at radius 3 is 2.86 bits per heavy atom. The first kappa shape index (κ1) is 15.0. The largest absolute Gasteiger partial charge is 0.454 e. The molecule has 1 aliphatic carbocycles. The van der Waals surface area contributed by atoms with Gasteiger partial charge in [0.25, 0.3) is 0 Å². The molecule has 1 fully saturated rings. The van der Waals surface area contributed by atoms with E-state index in [1.54, 1.807) is 0 Å². The van der Waals surface area contributed by atoms with Crippen molar-refractivity contribution in [1.82, 2.24) is 5.32 Å². The van der Waals surface area contributed by atoms with Crippen LogP contribution in [0.25, 0.3) is 0 Å². The van der Waals surface area contributed by atoms with E-state index in [0.29, 0.717) is 16.8 Å². The fraction of sp³-hybridized carbons (Fsp3) is 0.647. The van der Waals surface area contributed by atoms with E-state index in [0.717, 1.165) is 29.7 Å². The fourth-order valence-electron chi connectivity index (χ4n) is 3.58. The summed E-state index contributed by atoms with van der Waals surface area (Å²) in [5.74, 6) is 2.97. The van der Waals surface area contributed by atoms with Gasteiger partial charge in [-0.25, -0.2) is 0 Å². The molecular weight excluding hydrogens is 286 g/mol. The highest BCUT2D eigenvalue weighted by molar-refractivity contribution is 6.32. The van der Waals surface area contributed by atoms with Crippen molar-refractivity contribution >= 4 is 11.6 Å². The van der Waals surface area contributed by atoms with Crippen LogP contribution >= 0.6 is 11.6 Å². The molecule has 1 N–H and O–H groups in total. The molecule has 0 spiro atoms. The molecule has 1 saturated carbocycles. The van der Waals surface area contributed by atoms with Crippen molar-refractivity contribution in [3.8, 4) is 11.5 Å². The normalized spacial score (nSPS) is 24.6. The van der Waals surface area contributed by atoms with E-state index in [1.807, 2.05) is 12.1 Å². The molecule has 116 valence electrons. The van der Waals surface area contributed by atoms with E-state index in [4.69, 9.17) is 21.1 Å². The highest BCUT2D eigenvalue weighted by Crippen LogP contribution is 2.40. The molecule has 4 heteroatoms. The number of benzene rings is 1. The molecule has 0 aromatic heterocycles. The second-order valence-electron chi connectivity index (χ2n) is 6.49. The molecule has 0 saturated heterocycles. The minimum atomic E-state index is 0.268. The summed E-state index contributed by atoms with van der Waals surface area (Å²) < 4.78 is 10.8. The summed E-state index contributed by atoms with van der Waals surface area (Å²) in [5.41, 5.74) is 1.16. The molecule has 0 bridgehead atoms. The first-order valence-corrected chi connectivity index (χ1v) is 8.34. The summed E-state index contributed by atoms with van der Waals surface area (Å²) in [7, 11) is 0. The van der Waals surface area contributed by atoms with Crippen LogP contribution in [0.5, 0.6) is 11.5 Å². The summed E-state index contributed by atoms with van der Waals surface area (Å²) in [6, 6.07) is 4.63. The maximum absolute atomic E-state index is 6.24. The van der Waals surface area contributed by atoms with Gasteiger partial charge >= 0.3 is 0 Å². The maximum atomic E-state index is 6.24. The van der Waals surface area contributed by atoms with Crippen LogP contribution in [0.2, 0.25) is 5.02 Å². The summed E-state index contributed by atoms with van der Waals surface area (Å²) in [6.45, 7) is 5.78. The second kappa shape index (κ2) is 6.45. The van der Waals surface area contributed by atoms with Crippen LogP contribution in [0.15, 0.2) is 12.1 Å². The lowest BCUT2D eigenvalue weighted by atomic mass is 9.78. The lowest BCUT2D eigenvalue weighted by Gasteiger charge is -2.35. The highest BCUT2D eigenvalue weighted by Gasteiger charge is 2.27. The predicted molar refractivity (Wildman–Crippen MR) is 85.0 cm³/mol.